The van der Waals surface area contributed by atoms with Gasteiger partial charge in [-0.05, 0) is 67.3 Å². The summed E-state index contributed by atoms with van der Waals surface area (Å²) in [5.74, 6) is -1.03. The molecule has 160 valence electrons. The first kappa shape index (κ1) is 21.4. The van der Waals surface area contributed by atoms with Gasteiger partial charge in [-0.2, -0.15) is 0 Å². The van der Waals surface area contributed by atoms with E-state index in [1.807, 2.05) is 6.07 Å². The smallest absolute Gasteiger partial charge is 0.279 e. The molecule has 1 aliphatic rings. The number of carbonyl (C=O) groups is 2. The number of hydrazine groups is 1. The number of anilines is 1. The molecule has 2 aromatic carbocycles. The monoisotopic (exact) mass is 475 g/mol. The van der Waals surface area contributed by atoms with Crippen molar-refractivity contribution in [3.63, 3.8) is 0 Å². The lowest BCUT2D eigenvalue weighted by molar-refractivity contribution is 0.0848. The van der Waals surface area contributed by atoms with Crippen molar-refractivity contribution in [3.8, 4) is 0 Å². The summed E-state index contributed by atoms with van der Waals surface area (Å²) in [5.41, 5.74) is 6.29. The van der Waals surface area contributed by atoms with E-state index in [-0.39, 0.29) is 10.5 Å². The number of hydrogen-bond acceptors (Lipinski definition) is 5. The minimum absolute atomic E-state index is 0.0861. The molecule has 1 aromatic heterocycles. The maximum absolute atomic E-state index is 12.7. The largest absolute Gasteiger partial charge is 0.280 e. The zero-order valence-electron chi connectivity index (χ0n) is 16.1. The summed E-state index contributed by atoms with van der Waals surface area (Å²) in [7, 11) is -3.93. The number of hydrogen-bond donors (Lipinski definition) is 3. The lowest BCUT2D eigenvalue weighted by Gasteiger charge is -2.10. The topological polar surface area (TPSA) is 104 Å². The fraction of sp³-hybridized carbons (Fsp3) is 0.143. The third-order valence-electron chi connectivity index (χ3n) is 4.74. The Bertz CT molecular complexity index is 1250. The molecule has 4 rings (SSSR count). The summed E-state index contributed by atoms with van der Waals surface area (Å²) in [5, 5.41) is 0.389. The molecule has 7 nitrogen and oxygen atoms in total. The van der Waals surface area contributed by atoms with Gasteiger partial charge in [-0.15, -0.1) is 11.3 Å². The Kier molecular flexibility index (Phi) is 5.99. The van der Waals surface area contributed by atoms with Crippen LogP contribution in [-0.4, -0.2) is 20.2 Å². The predicted octanol–water partition coefficient (Wildman–Crippen LogP) is 3.77. The van der Waals surface area contributed by atoms with E-state index in [4.69, 9.17) is 11.6 Å². The molecule has 0 bridgehead atoms. The third kappa shape index (κ3) is 4.90. The van der Waals surface area contributed by atoms with Crippen LogP contribution in [0.3, 0.4) is 0 Å². The molecule has 0 aliphatic heterocycles. The number of amides is 2. The molecule has 1 aliphatic carbocycles. The van der Waals surface area contributed by atoms with Crippen LogP contribution in [0.1, 0.15) is 36.9 Å². The molecular weight excluding hydrogens is 458 g/mol. The Morgan fingerprint density at radius 1 is 0.935 bits per heavy atom. The SMILES string of the molecule is O=C(NNC(=O)c1cc2c(s1)CCC2)c1cccc(S(=O)(=O)Nc2cccc(Cl)c2)c1. The number of sulfonamides is 1. The average Bonchev–Trinajstić information content (AvgIpc) is 3.34. The van der Waals surface area contributed by atoms with Crippen molar-refractivity contribution in [2.75, 3.05) is 4.72 Å². The van der Waals surface area contributed by atoms with Crippen LogP contribution in [-0.2, 0) is 22.9 Å². The maximum atomic E-state index is 12.7. The van der Waals surface area contributed by atoms with E-state index in [1.165, 1.54) is 52.1 Å². The highest BCUT2D eigenvalue weighted by Gasteiger charge is 2.20. The standard InChI is InChI=1S/C21H18ClN3O4S2/c22-15-6-3-7-16(12-15)25-31(28,29)17-8-1-5-14(10-17)20(26)23-24-21(27)19-11-13-4-2-9-18(13)30-19/h1,3,5-8,10-12,25H,2,4,9H2,(H,23,26)(H,24,27). The second-order valence-corrected chi connectivity index (χ2v) is 10.2. The van der Waals surface area contributed by atoms with Crippen LogP contribution in [0, 0.1) is 0 Å². The van der Waals surface area contributed by atoms with Gasteiger partial charge in [0.1, 0.15) is 0 Å². The van der Waals surface area contributed by atoms with E-state index in [0.29, 0.717) is 15.6 Å². The van der Waals surface area contributed by atoms with Crippen LogP contribution < -0.4 is 15.6 Å². The lowest BCUT2D eigenvalue weighted by Crippen LogP contribution is -2.41. The predicted molar refractivity (Wildman–Crippen MR) is 120 cm³/mol. The van der Waals surface area contributed by atoms with E-state index in [9.17, 15) is 18.0 Å². The first-order chi connectivity index (χ1) is 14.8. The highest BCUT2D eigenvalue weighted by atomic mass is 35.5. The van der Waals surface area contributed by atoms with E-state index < -0.39 is 21.8 Å². The molecule has 0 saturated heterocycles. The van der Waals surface area contributed by atoms with Gasteiger partial charge >= 0.3 is 0 Å². The Labute approximate surface area is 188 Å². The molecule has 31 heavy (non-hydrogen) atoms. The highest BCUT2D eigenvalue weighted by molar-refractivity contribution is 7.92. The van der Waals surface area contributed by atoms with Crippen molar-refractivity contribution in [3.05, 3.63) is 80.5 Å². The first-order valence-corrected chi connectivity index (χ1v) is 12.1. The van der Waals surface area contributed by atoms with Gasteiger partial charge in [-0.1, -0.05) is 23.7 Å². The van der Waals surface area contributed by atoms with Crippen molar-refractivity contribution in [2.45, 2.75) is 24.2 Å². The molecular formula is C21H18ClN3O4S2. The number of thiophene rings is 1. The number of rotatable bonds is 5. The number of aryl methyl sites for hydroxylation is 2. The van der Waals surface area contributed by atoms with E-state index >= 15 is 0 Å². The van der Waals surface area contributed by atoms with Crippen molar-refractivity contribution in [1.29, 1.82) is 0 Å². The molecule has 0 unspecified atom stereocenters. The van der Waals surface area contributed by atoms with Crippen LogP contribution in [0.4, 0.5) is 5.69 Å². The summed E-state index contributed by atoms with van der Waals surface area (Å²) in [4.78, 5) is 26.4. The van der Waals surface area contributed by atoms with Gasteiger partial charge in [0, 0.05) is 15.5 Å². The van der Waals surface area contributed by atoms with E-state index in [1.54, 1.807) is 18.2 Å². The number of fused-ring (bicyclic) bond motifs is 1. The highest BCUT2D eigenvalue weighted by Crippen LogP contribution is 2.30. The Hall–Kier alpha value is -2.88. The van der Waals surface area contributed by atoms with E-state index in [2.05, 4.69) is 15.6 Å². The molecule has 0 spiro atoms. The molecule has 3 aromatic rings. The quantitative estimate of drug-likeness (QED) is 0.488. The molecule has 0 fully saturated rings. The number of halogens is 1. The van der Waals surface area contributed by atoms with Gasteiger partial charge < -0.3 is 0 Å². The molecule has 0 atom stereocenters. The summed E-state index contributed by atoms with van der Waals surface area (Å²) >= 11 is 7.32. The average molecular weight is 476 g/mol. The van der Waals surface area contributed by atoms with Crippen molar-refractivity contribution < 1.29 is 18.0 Å². The summed E-state index contributed by atoms with van der Waals surface area (Å²) < 4.78 is 27.7. The van der Waals surface area contributed by atoms with Crippen molar-refractivity contribution in [2.24, 2.45) is 0 Å². The molecule has 3 N–H and O–H groups in total. The van der Waals surface area contributed by atoms with Gasteiger partial charge in [-0.3, -0.25) is 25.2 Å². The second-order valence-electron chi connectivity index (χ2n) is 6.96. The van der Waals surface area contributed by atoms with Crippen LogP contribution in [0.15, 0.2) is 59.5 Å². The van der Waals surface area contributed by atoms with Crippen molar-refractivity contribution >= 4 is 50.5 Å². The van der Waals surface area contributed by atoms with Gasteiger partial charge in [0.05, 0.1) is 15.5 Å². The number of benzene rings is 2. The minimum atomic E-state index is -3.93. The molecule has 0 saturated carbocycles. The Morgan fingerprint density at radius 2 is 1.71 bits per heavy atom. The van der Waals surface area contributed by atoms with E-state index in [0.717, 1.165) is 19.3 Å². The van der Waals surface area contributed by atoms with Gasteiger partial charge in [0.2, 0.25) is 0 Å². The molecule has 1 heterocycles. The van der Waals surface area contributed by atoms with Gasteiger partial charge in [0.25, 0.3) is 21.8 Å². The number of carbonyl (C=O) groups excluding carboxylic acids is 2. The van der Waals surface area contributed by atoms with Gasteiger partial charge in [-0.25, -0.2) is 8.42 Å². The fourth-order valence-corrected chi connectivity index (χ4v) is 5.69. The minimum Gasteiger partial charge on any atom is -0.280 e. The normalized spacial score (nSPS) is 12.8. The summed E-state index contributed by atoms with van der Waals surface area (Å²) in [6.07, 6.45) is 3.05. The number of nitrogens with one attached hydrogen (secondary N) is 3. The molecule has 0 radical (unpaired) electrons. The second kappa shape index (κ2) is 8.70. The summed E-state index contributed by atoms with van der Waals surface area (Å²) in [6, 6.07) is 13.7. The van der Waals surface area contributed by atoms with Crippen LogP contribution >= 0.6 is 22.9 Å². The van der Waals surface area contributed by atoms with Gasteiger partial charge in [0.15, 0.2) is 0 Å². The van der Waals surface area contributed by atoms with Crippen LogP contribution in [0.25, 0.3) is 0 Å². The lowest BCUT2D eigenvalue weighted by atomic mass is 10.2. The zero-order chi connectivity index (χ0) is 22.0. The maximum Gasteiger partial charge on any atom is 0.279 e. The Morgan fingerprint density at radius 3 is 2.48 bits per heavy atom. The molecule has 2 amide bonds. The fourth-order valence-electron chi connectivity index (χ4n) is 3.26. The third-order valence-corrected chi connectivity index (χ3v) is 7.59. The van der Waals surface area contributed by atoms with Crippen molar-refractivity contribution in [1.82, 2.24) is 10.9 Å². The Balaban J connectivity index is 1.43. The van der Waals surface area contributed by atoms with Crippen LogP contribution in [0.5, 0.6) is 0 Å². The first-order valence-electron chi connectivity index (χ1n) is 9.42. The summed E-state index contributed by atoms with van der Waals surface area (Å²) in [6.45, 7) is 0. The molecule has 10 heteroatoms. The van der Waals surface area contributed by atoms with Crippen LogP contribution in [0.2, 0.25) is 5.02 Å². The zero-order valence-corrected chi connectivity index (χ0v) is 18.5.